The molecule has 1 amide bonds. The second-order valence-electron chi connectivity index (χ2n) is 10.1. The standard InChI is InChI=1S/C27H25ClF2N2O5S2/c28-20-5-1-15(25(34)32-18-4-6-21(29)22(30)14-18)11-24(20)39(36,37)19-12-16-2-3-17(13-19)27(16,35)8-7-23(33)26-31-9-10-38-26/h1,4-6,9-11,14,16-17,19,35H,2-3,7-8,12-13H2,(H,32,34). The maximum absolute atomic E-state index is 13.7. The molecule has 0 spiro atoms. The molecule has 1 heterocycles. The number of thiazole rings is 1. The number of aromatic nitrogens is 1. The first-order valence-electron chi connectivity index (χ1n) is 12.4. The van der Waals surface area contributed by atoms with Crippen molar-refractivity contribution in [1.82, 2.24) is 4.98 Å². The van der Waals surface area contributed by atoms with E-state index in [0.29, 0.717) is 17.8 Å². The number of fused-ring (bicyclic) bond motifs is 2. The Hall–Kier alpha value is -2.73. The molecule has 2 unspecified atom stereocenters. The van der Waals surface area contributed by atoms with Crippen molar-refractivity contribution in [1.29, 1.82) is 0 Å². The predicted molar refractivity (Wildman–Crippen MR) is 143 cm³/mol. The van der Waals surface area contributed by atoms with Gasteiger partial charge in [0.2, 0.25) is 0 Å². The highest BCUT2D eigenvalue weighted by molar-refractivity contribution is 7.92. The summed E-state index contributed by atoms with van der Waals surface area (Å²) in [4.78, 5) is 29.1. The smallest absolute Gasteiger partial charge is 0.255 e. The van der Waals surface area contributed by atoms with Gasteiger partial charge in [-0.3, -0.25) is 9.59 Å². The molecular formula is C27H25ClF2N2O5S2. The van der Waals surface area contributed by atoms with Crippen LogP contribution < -0.4 is 5.32 Å². The third-order valence-corrected chi connectivity index (χ3v) is 11.4. The second-order valence-corrected chi connectivity index (χ2v) is 13.6. The first-order chi connectivity index (χ1) is 18.5. The van der Waals surface area contributed by atoms with Crippen molar-refractivity contribution < 1.29 is 31.9 Å². The molecule has 0 aliphatic heterocycles. The maximum Gasteiger partial charge on any atom is 0.255 e. The number of sulfone groups is 1. The third-order valence-electron chi connectivity index (χ3n) is 7.91. The van der Waals surface area contributed by atoms with Gasteiger partial charge >= 0.3 is 0 Å². The van der Waals surface area contributed by atoms with Gasteiger partial charge in [-0.2, -0.15) is 0 Å². The number of anilines is 1. The number of nitrogens with zero attached hydrogens (tertiary/aromatic N) is 1. The van der Waals surface area contributed by atoms with Crippen LogP contribution in [0.3, 0.4) is 0 Å². The average Bonchev–Trinajstić information content (AvgIpc) is 3.47. The fourth-order valence-corrected chi connectivity index (χ4v) is 8.88. The van der Waals surface area contributed by atoms with Crippen LogP contribution in [0.25, 0.3) is 0 Å². The molecule has 2 aromatic carbocycles. The number of hydrogen-bond acceptors (Lipinski definition) is 7. The zero-order chi connectivity index (χ0) is 27.9. The Kier molecular flexibility index (Phi) is 7.62. The zero-order valence-corrected chi connectivity index (χ0v) is 23.0. The summed E-state index contributed by atoms with van der Waals surface area (Å²) in [5.41, 5.74) is -1.14. The molecule has 2 aliphatic carbocycles. The number of benzene rings is 2. The summed E-state index contributed by atoms with van der Waals surface area (Å²) in [6.07, 6.45) is 3.67. The molecular weight excluding hydrogens is 570 g/mol. The maximum atomic E-state index is 13.7. The van der Waals surface area contributed by atoms with Gasteiger partial charge in [0.1, 0.15) is 0 Å². The summed E-state index contributed by atoms with van der Waals surface area (Å²) >= 11 is 7.53. The highest BCUT2D eigenvalue weighted by Crippen LogP contribution is 2.54. The number of amides is 1. The molecule has 2 aliphatic rings. The molecule has 12 heteroatoms. The molecule has 7 nitrogen and oxygen atoms in total. The van der Waals surface area contributed by atoms with E-state index in [4.69, 9.17) is 11.6 Å². The average molecular weight is 595 g/mol. The van der Waals surface area contributed by atoms with Gasteiger partial charge in [-0.1, -0.05) is 11.6 Å². The molecule has 39 heavy (non-hydrogen) atoms. The summed E-state index contributed by atoms with van der Waals surface area (Å²) in [5.74, 6) is -3.63. The van der Waals surface area contributed by atoms with Gasteiger partial charge in [-0.15, -0.1) is 11.3 Å². The van der Waals surface area contributed by atoms with Crippen molar-refractivity contribution in [3.8, 4) is 0 Å². The van der Waals surface area contributed by atoms with Crippen LogP contribution in [-0.4, -0.2) is 41.0 Å². The Morgan fingerprint density at radius 3 is 2.46 bits per heavy atom. The van der Waals surface area contributed by atoms with Crippen molar-refractivity contribution >= 4 is 50.2 Å². The molecule has 206 valence electrons. The normalized spacial score (nSPS) is 24.5. The summed E-state index contributed by atoms with van der Waals surface area (Å²) in [6, 6.07) is 6.72. The van der Waals surface area contributed by atoms with E-state index >= 15 is 0 Å². The number of carbonyl (C=O) groups is 2. The molecule has 2 bridgehead atoms. The van der Waals surface area contributed by atoms with Crippen molar-refractivity contribution in [2.45, 2.75) is 54.3 Å². The zero-order valence-electron chi connectivity index (χ0n) is 20.6. The van der Waals surface area contributed by atoms with Gasteiger partial charge in [0.25, 0.3) is 5.91 Å². The molecule has 2 fully saturated rings. The molecule has 0 radical (unpaired) electrons. The van der Waals surface area contributed by atoms with E-state index < -0.39 is 38.2 Å². The Morgan fingerprint density at radius 2 is 1.82 bits per heavy atom. The van der Waals surface area contributed by atoms with Crippen LogP contribution >= 0.6 is 22.9 Å². The largest absolute Gasteiger partial charge is 0.389 e. The van der Waals surface area contributed by atoms with Crippen molar-refractivity contribution in [2.24, 2.45) is 11.8 Å². The minimum Gasteiger partial charge on any atom is -0.389 e. The van der Waals surface area contributed by atoms with Crippen LogP contribution in [0.1, 0.15) is 58.7 Å². The van der Waals surface area contributed by atoms with Crippen LogP contribution in [0.2, 0.25) is 5.02 Å². The van der Waals surface area contributed by atoms with E-state index in [1.165, 1.54) is 35.6 Å². The predicted octanol–water partition coefficient (Wildman–Crippen LogP) is 5.68. The quantitative estimate of drug-likeness (QED) is 0.324. The molecule has 2 atom stereocenters. The third kappa shape index (κ3) is 5.37. The number of ketones is 1. The lowest BCUT2D eigenvalue weighted by molar-refractivity contribution is -0.0645. The molecule has 2 saturated carbocycles. The number of rotatable bonds is 8. The Bertz CT molecular complexity index is 1520. The number of aliphatic hydroxyl groups is 1. The molecule has 3 aromatic rings. The lowest BCUT2D eigenvalue weighted by Gasteiger charge is -2.42. The topological polar surface area (TPSA) is 113 Å². The minimum absolute atomic E-state index is 0.00902. The number of Topliss-reactive ketones (excluding diaryl/α,β-unsaturated/α-hetero) is 1. The first kappa shape index (κ1) is 27.8. The van der Waals surface area contributed by atoms with Crippen LogP contribution in [0.15, 0.2) is 52.9 Å². The fraction of sp³-hybridized carbons (Fsp3) is 0.370. The highest BCUT2D eigenvalue weighted by Gasteiger charge is 2.55. The minimum atomic E-state index is -3.98. The number of nitrogens with one attached hydrogen (secondary N) is 1. The summed E-state index contributed by atoms with van der Waals surface area (Å²) < 4.78 is 54.2. The lowest BCUT2D eigenvalue weighted by Crippen LogP contribution is -2.48. The van der Waals surface area contributed by atoms with E-state index in [-0.39, 0.29) is 64.5 Å². The number of carbonyl (C=O) groups excluding carboxylic acids is 2. The SMILES string of the molecule is O=C(Nc1ccc(F)c(F)c1)c1ccc(Cl)c(S(=O)(=O)C2CC3CCC(C2)C3(O)CCC(=O)c2nccs2)c1. The Balaban J connectivity index is 1.32. The number of halogens is 3. The van der Waals surface area contributed by atoms with E-state index in [1.807, 2.05) is 0 Å². The molecule has 1 aromatic heterocycles. The molecule has 5 rings (SSSR count). The van der Waals surface area contributed by atoms with Crippen LogP contribution in [0.4, 0.5) is 14.5 Å². The fourth-order valence-electron chi connectivity index (χ4n) is 5.87. The van der Waals surface area contributed by atoms with Crippen molar-refractivity contribution in [3.63, 3.8) is 0 Å². The van der Waals surface area contributed by atoms with Crippen LogP contribution in [0, 0.1) is 23.5 Å². The van der Waals surface area contributed by atoms with Crippen molar-refractivity contribution in [2.75, 3.05) is 5.32 Å². The van der Waals surface area contributed by atoms with E-state index in [9.17, 15) is 31.9 Å². The summed E-state index contributed by atoms with van der Waals surface area (Å²) in [5, 5.41) is 15.2. The first-order valence-corrected chi connectivity index (χ1v) is 15.2. The summed E-state index contributed by atoms with van der Waals surface area (Å²) in [7, 11) is -3.98. The van der Waals surface area contributed by atoms with Gasteiger partial charge in [0.15, 0.2) is 32.3 Å². The van der Waals surface area contributed by atoms with E-state index in [1.54, 1.807) is 11.6 Å². The van der Waals surface area contributed by atoms with Crippen LogP contribution in [-0.2, 0) is 9.84 Å². The van der Waals surface area contributed by atoms with E-state index in [2.05, 4.69) is 10.3 Å². The van der Waals surface area contributed by atoms with Gasteiger partial charge < -0.3 is 10.4 Å². The van der Waals surface area contributed by atoms with Gasteiger partial charge in [0, 0.05) is 35.3 Å². The van der Waals surface area contributed by atoms with Gasteiger partial charge in [-0.05, 0) is 74.3 Å². The molecule has 2 N–H and O–H groups in total. The number of hydrogen-bond donors (Lipinski definition) is 2. The van der Waals surface area contributed by atoms with Gasteiger partial charge in [-0.25, -0.2) is 22.2 Å². The second kappa shape index (κ2) is 10.7. The summed E-state index contributed by atoms with van der Waals surface area (Å²) in [6.45, 7) is 0. The van der Waals surface area contributed by atoms with Crippen molar-refractivity contribution in [3.05, 3.63) is 75.2 Å². The Morgan fingerprint density at radius 1 is 1.10 bits per heavy atom. The Labute approximate surface area is 233 Å². The monoisotopic (exact) mass is 594 g/mol. The van der Waals surface area contributed by atoms with Gasteiger partial charge in [0.05, 0.1) is 20.8 Å². The van der Waals surface area contributed by atoms with E-state index in [0.717, 1.165) is 12.1 Å². The lowest BCUT2D eigenvalue weighted by atomic mass is 9.71. The highest BCUT2D eigenvalue weighted by atomic mass is 35.5. The van der Waals surface area contributed by atoms with Crippen LogP contribution in [0.5, 0.6) is 0 Å². The molecule has 0 saturated heterocycles.